The second-order valence-corrected chi connectivity index (χ2v) is 7.68. The third kappa shape index (κ3) is 7.47. The molecule has 1 fully saturated rings. The van der Waals surface area contributed by atoms with Gasteiger partial charge in [-0.2, -0.15) is 0 Å². The standard InChI is InChI=1S/C24H34N4O.HI/c1-4-25-24(26-17-21-11-10-19(2)23(16-21)29-3)27-22-12-14-28(15-13-22)18-20-8-6-5-7-9-20;/h5-11,16,22H,4,12-15,17-18H2,1-3H3,(H2,25,26,27);1H. The summed E-state index contributed by atoms with van der Waals surface area (Å²) in [5.74, 6) is 1.81. The van der Waals surface area contributed by atoms with E-state index in [1.54, 1.807) is 7.11 Å². The number of hydrogen-bond acceptors (Lipinski definition) is 3. The molecule has 0 aromatic heterocycles. The van der Waals surface area contributed by atoms with Gasteiger partial charge >= 0.3 is 0 Å². The van der Waals surface area contributed by atoms with Gasteiger partial charge in [0.2, 0.25) is 0 Å². The van der Waals surface area contributed by atoms with Crippen molar-refractivity contribution in [3.63, 3.8) is 0 Å². The van der Waals surface area contributed by atoms with Crippen LogP contribution >= 0.6 is 24.0 Å². The van der Waals surface area contributed by atoms with Gasteiger partial charge in [-0.15, -0.1) is 24.0 Å². The molecule has 1 aliphatic heterocycles. The number of benzene rings is 2. The highest BCUT2D eigenvalue weighted by Gasteiger charge is 2.20. The predicted octanol–water partition coefficient (Wildman–Crippen LogP) is 4.34. The average Bonchev–Trinajstić information content (AvgIpc) is 2.75. The summed E-state index contributed by atoms with van der Waals surface area (Å²) in [6.45, 7) is 8.92. The Kier molecular flexibility index (Phi) is 10.4. The summed E-state index contributed by atoms with van der Waals surface area (Å²) < 4.78 is 5.43. The van der Waals surface area contributed by atoms with Gasteiger partial charge in [0.1, 0.15) is 5.75 Å². The second kappa shape index (κ2) is 12.8. The molecule has 30 heavy (non-hydrogen) atoms. The summed E-state index contributed by atoms with van der Waals surface area (Å²) in [4.78, 5) is 7.33. The number of ether oxygens (including phenoxy) is 1. The quantitative estimate of drug-likeness (QED) is 0.323. The van der Waals surface area contributed by atoms with E-state index in [0.29, 0.717) is 12.6 Å². The Morgan fingerprint density at radius 2 is 1.83 bits per heavy atom. The van der Waals surface area contributed by atoms with Crippen molar-refractivity contribution in [2.75, 3.05) is 26.7 Å². The highest BCUT2D eigenvalue weighted by atomic mass is 127. The van der Waals surface area contributed by atoms with Crippen LogP contribution in [0.4, 0.5) is 0 Å². The normalized spacial score (nSPS) is 15.4. The Bertz CT molecular complexity index is 789. The molecular formula is C24H35IN4O. The van der Waals surface area contributed by atoms with E-state index in [-0.39, 0.29) is 24.0 Å². The molecule has 0 aliphatic carbocycles. The van der Waals surface area contributed by atoms with E-state index in [0.717, 1.165) is 61.9 Å². The van der Waals surface area contributed by atoms with Crippen LogP contribution in [-0.4, -0.2) is 43.6 Å². The van der Waals surface area contributed by atoms with Crippen molar-refractivity contribution in [2.45, 2.75) is 45.8 Å². The molecule has 2 N–H and O–H groups in total. The molecule has 3 rings (SSSR count). The van der Waals surface area contributed by atoms with Crippen molar-refractivity contribution in [3.05, 3.63) is 65.2 Å². The minimum Gasteiger partial charge on any atom is -0.496 e. The number of likely N-dealkylation sites (tertiary alicyclic amines) is 1. The molecule has 0 unspecified atom stereocenters. The summed E-state index contributed by atoms with van der Waals surface area (Å²) in [7, 11) is 1.71. The summed E-state index contributed by atoms with van der Waals surface area (Å²) >= 11 is 0. The molecule has 1 aliphatic rings. The van der Waals surface area contributed by atoms with Gasteiger partial charge in [-0.1, -0.05) is 42.5 Å². The molecule has 5 nitrogen and oxygen atoms in total. The minimum atomic E-state index is 0. The van der Waals surface area contributed by atoms with Crippen LogP contribution in [0.1, 0.15) is 36.5 Å². The Labute approximate surface area is 198 Å². The van der Waals surface area contributed by atoms with Gasteiger partial charge in [0.25, 0.3) is 0 Å². The van der Waals surface area contributed by atoms with Crippen molar-refractivity contribution in [2.24, 2.45) is 4.99 Å². The molecule has 1 heterocycles. The molecule has 0 radical (unpaired) electrons. The predicted molar refractivity (Wildman–Crippen MR) is 136 cm³/mol. The lowest BCUT2D eigenvalue weighted by molar-refractivity contribution is 0.198. The van der Waals surface area contributed by atoms with E-state index in [1.165, 1.54) is 5.56 Å². The van der Waals surface area contributed by atoms with Crippen molar-refractivity contribution in [3.8, 4) is 5.75 Å². The van der Waals surface area contributed by atoms with Crippen LogP contribution in [0, 0.1) is 6.92 Å². The molecule has 1 saturated heterocycles. The Morgan fingerprint density at radius 3 is 2.50 bits per heavy atom. The van der Waals surface area contributed by atoms with E-state index >= 15 is 0 Å². The highest BCUT2D eigenvalue weighted by Crippen LogP contribution is 2.19. The molecule has 0 amide bonds. The van der Waals surface area contributed by atoms with Crippen LogP contribution in [0.5, 0.6) is 5.75 Å². The summed E-state index contributed by atoms with van der Waals surface area (Å²) in [6.07, 6.45) is 2.27. The first kappa shape index (κ1) is 24.5. The molecular weight excluding hydrogens is 487 g/mol. The molecule has 2 aromatic rings. The largest absolute Gasteiger partial charge is 0.496 e. The van der Waals surface area contributed by atoms with E-state index < -0.39 is 0 Å². The minimum absolute atomic E-state index is 0. The van der Waals surface area contributed by atoms with Crippen molar-refractivity contribution >= 4 is 29.9 Å². The topological polar surface area (TPSA) is 48.9 Å². The molecule has 0 atom stereocenters. The van der Waals surface area contributed by atoms with Crippen LogP contribution in [-0.2, 0) is 13.1 Å². The molecule has 2 aromatic carbocycles. The maximum Gasteiger partial charge on any atom is 0.191 e. The zero-order chi connectivity index (χ0) is 20.5. The molecule has 6 heteroatoms. The lowest BCUT2D eigenvalue weighted by Gasteiger charge is -2.33. The van der Waals surface area contributed by atoms with E-state index in [1.807, 2.05) is 0 Å². The lowest BCUT2D eigenvalue weighted by atomic mass is 10.0. The number of guanidine groups is 1. The summed E-state index contributed by atoms with van der Waals surface area (Å²) in [6, 6.07) is 17.5. The summed E-state index contributed by atoms with van der Waals surface area (Å²) in [5, 5.41) is 7.02. The van der Waals surface area contributed by atoms with Gasteiger partial charge in [0.05, 0.1) is 13.7 Å². The van der Waals surface area contributed by atoms with Gasteiger partial charge in [-0.05, 0) is 49.4 Å². The number of methoxy groups -OCH3 is 1. The van der Waals surface area contributed by atoms with Gasteiger partial charge in [0, 0.05) is 32.2 Å². The number of aryl methyl sites for hydroxylation is 1. The van der Waals surface area contributed by atoms with Gasteiger partial charge in [-0.25, -0.2) is 4.99 Å². The maximum absolute atomic E-state index is 5.43. The van der Waals surface area contributed by atoms with E-state index in [9.17, 15) is 0 Å². The third-order valence-electron chi connectivity index (χ3n) is 5.41. The number of nitrogens with zero attached hydrogens (tertiary/aromatic N) is 2. The van der Waals surface area contributed by atoms with E-state index in [4.69, 9.17) is 9.73 Å². The Morgan fingerprint density at radius 1 is 1.10 bits per heavy atom. The van der Waals surface area contributed by atoms with E-state index in [2.05, 4.69) is 77.9 Å². The van der Waals surface area contributed by atoms with Gasteiger partial charge in [0.15, 0.2) is 5.96 Å². The fourth-order valence-corrected chi connectivity index (χ4v) is 3.72. The highest BCUT2D eigenvalue weighted by molar-refractivity contribution is 14.0. The van der Waals surface area contributed by atoms with Crippen molar-refractivity contribution in [1.29, 1.82) is 0 Å². The number of piperidine rings is 1. The summed E-state index contributed by atoms with van der Waals surface area (Å²) in [5.41, 5.74) is 3.69. The zero-order valence-corrected chi connectivity index (χ0v) is 20.7. The lowest BCUT2D eigenvalue weighted by Crippen LogP contribution is -2.48. The number of rotatable bonds is 7. The zero-order valence-electron chi connectivity index (χ0n) is 18.4. The smallest absolute Gasteiger partial charge is 0.191 e. The molecule has 0 spiro atoms. The van der Waals surface area contributed by atoms with Crippen molar-refractivity contribution in [1.82, 2.24) is 15.5 Å². The second-order valence-electron chi connectivity index (χ2n) is 7.68. The molecule has 0 bridgehead atoms. The number of halogens is 1. The SMILES string of the molecule is CCNC(=NCc1ccc(C)c(OC)c1)NC1CCN(Cc2ccccc2)CC1.I. The van der Waals surface area contributed by atoms with Crippen molar-refractivity contribution < 1.29 is 4.74 Å². The van der Waals surface area contributed by atoms with Crippen LogP contribution in [0.2, 0.25) is 0 Å². The number of nitrogens with one attached hydrogen (secondary N) is 2. The fraction of sp³-hybridized carbons (Fsp3) is 0.458. The van der Waals surface area contributed by atoms with Crippen LogP contribution < -0.4 is 15.4 Å². The first-order valence-corrected chi connectivity index (χ1v) is 10.6. The fourth-order valence-electron chi connectivity index (χ4n) is 3.72. The first-order chi connectivity index (χ1) is 14.2. The first-order valence-electron chi connectivity index (χ1n) is 10.6. The van der Waals surface area contributed by atoms with Crippen LogP contribution in [0.3, 0.4) is 0 Å². The van der Waals surface area contributed by atoms with Gasteiger partial charge in [-0.3, -0.25) is 4.90 Å². The maximum atomic E-state index is 5.43. The Hall–Kier alpha value is -1.80. The molecule has 0 saturated carbocycles. The third-order valence-corrected chi connectivity index (χ3v) is 5.41. The average molecular weight is 522 g/mol. The Balaban J connectivity index is 0.00000320. The monoisotopic (exact) mass is 522 g/mol. The molecule has 164 valence electrons. The van der Waals surface area contributed by atoms with Gasteiger partial charge < -0.3 is 15.4 Å². The number of aliphatic imine (C=N–C) groups is 1. The van der Waals surface area contributed by atoms with Crippen LogP contribution in [0.25, 0.3) is 0 Å². The van der Waals surface area contributed by atoms with Crippen LogP contribution in [0.15, 0.2) is 53.5 Å². The number of hydrogen-bond donors (Lipinski definition) is 2.